The molecule has 1 aliphatic heterocycles. The summed E-state index contributed by atoms with van der Waals surface area (Å²) in [6.45, 7) is 15.7. The molecule has 0 amide bonds. The lowest BCUT2D eigenvalue weighted by atomic mass is 10.2. The normalized spacial score (nSPS) is 29.0. The molecule has 90 valence electrons. The van der Waals surface area contributed by atoms with Gasteiger partial charge in [-0.3, -0.25) is 0 Å². The van der Waals surface area contributed by atoms with Crippen LogP contribution in [0.25, 0.3) is 0 Å². The fourth-order valence-electron chi connectivity index (χ4n) is 1.61. The summed E-state index contributed by atoms with van der Waals surface area (Å²) in [7, 11) is -1.61. The summed E-state index contributed by atoms with van der Waals surface area (Å²) in [6, 6.07) is 0. The fraction of sp³-hybridized carbons (Fsp3) is 1.00. The van der Waals surface area contributed by atoms with Gasteiger partial charge in [-0.05, 0) is 31.5 Å². The molecule has 0 saturated carbocycles. The number of hydrogen-bond acceptors (Lipinski definition) is 2. The first-order chi connectivity index (χ1) is 6.69. The molecular formula is C12H26O2Si. The number of rotatable bonds is 4. The Morgan fingerprint density at radius 2 is 1.87 bits per heavy atom. The Hall–Kier alpha value is 0.137. The van der Waals surface area contributed by atoms with Crippen molar-refractivity contribution in [1.82, 2.24) is 0 Å². The summed E-state index contributed by atoms with van der Waals surface area (Å²) in [5.41, 5.74) is 0. The highest BCUT2D eigenvalue weighted by Gasteiger charge is 2.46. The Kier molecular flexibility index (Phi) is 3.69. The van der Waals surface area contributed by atoms with Crippen LogP contribution in [0, 0.1) is 0 Å². The van der Waals surface area contributed by atoms with E-state index < -0.39 is 8.32 Å². The number of epoxide rings is 1. The monoisotopic (exact) mass is 230 g/mol. The summed E-state index contributed by atoms with van der Waals surface area (Å²) in [5, 5.41) is 0.290. The number of ether oxygens (including phenoxy) is 1. The van der Waals surface area contributed by atoms with Gasteiger partial charge in [0.05, 0.1) is 12.2 Å². The van der Waals surface area contributed by atoms with E-state index in [2.05, 4.69) is 47.7 Å². The Balaban J connectivity index is 2.48. The van der Waals surface area contributed by atoms with Gasteiger partial charge in [-0.25, -0.2) is 0 Å². The maximum atomic E-state index is 6.27. The third kappa shape index (κ3) is 3.05. The molecule has 1 heterocycles. The first-order valence-electron chi connectivity index (χ1n) is 6.02. The molecule has 1 aliphatic rings. The molecular weight excluding hydrogens is 204 g/mol. The van der Waals surface area contributed by atoms with Gasteiger partial charge in [-0.15, -0.1) is 0 Å². The van der Waals surface area contributed by atoms with Gasteiger partial charge in [-0.1, -0.05) is 27.7 Å². The lowest BCUT2D eigenvalue weighted by Crippen LogP contribution is -2.44. The predicted molar refractivity (Wildman–Crippen MR) is 66.7 cm³/mol. The molecule has 0 spiro atoms. The van der Waals surface area contributed by atoms with E-state index in [4.69, 9.17) is 9.16 Å². The van der Waals surface area contributed by atoms with E-state index in [1.54, 1.807) is 0 Å². The molecule has 1 fully saturated rings. The molecule has 0 aliphatic carbocycles. The van der Waals surface area contributed by atoms with Gasteiger partial charge in [-0.2, -0.15) is 0 Å². The zero-order chi connectivity index (χ0) is 11.9. The summed E-state index contributed by atoms with van der Waals surface area (Å²) in [5.74, 6) is 0. The van der Waals surface area contributed by atoms with Crippen LogP contribution in [0.4, 0.5) is 0 Å². The van der Waals surface area contributed by atoms with Crippen LogP contribution in [-0.2, 0) is 9.16 Å². The Labute approximate surface area is 95.5 Å². The van der Waals surface area contributed by atoms with Gasteiger partial charge >= 0.3 is 0 Å². The highest BCUT2D eigenvalue weighted by molar-refractivity contribution is 6.74. The lowest BCUT2D eigenvalue weighted by molar-refractivity contribution is 0.159. The van der Waals surface area contributed by atoms with Crippen molar-refractivity contribution in [1.29, 1.82) is 0 Å². The second-order valence-corrected chi connectivity index (χ2v) is 10.9. The van der Waals surface area contributed by atoms with Crippen LogP contribution in [0.5, 0.6) is 0 Å². The van der Waals surface area contributed by atoms with Gasteiger partial charge < -0.3 is 9.16 Å². The van der Waals surface area contributed by atoms with E-state index in [0.29, 0.717) is 12.2 Å². The zero-order valence-electron chi connectivity index (χ0n) is 11.3. The minimum absolute atomic E-state index is 0.260. The second-order valence-electron chi connectivity index (χ2n) is 6.13. The van der Waals surface area contributed by atoms with Gasteiger partial charge in [0.1, 0.15) is 6.10 Å². The fourth-order valence-corrected chi connectivity index (χ4v) is 3.02. The molecule has 1 saturated heterocycles. The molecule has 0 N–H and O–H groups in total. The molecule has 0 aromatic rings. The molecule has 15 heavy (non-hydrogen) atoms. The van der Waals surface area contributed by atoms with Crippen molar-refractivity contribution in [2.45, 2.75) is 77.5 Å². The molecule has 0 bridgehead atoms. The van der Waals surface area contributed by atoms with Crippen molar-refractivity contribution in [2.75, 3.05) is 0 Å². The Morgan fingerprint density at radius 1 is 1.33 bits per heavy atom. The van der Waals surface area contributed by atoms with Crippen LogP contribution in [0.3, 0.4) is 0 Å². The quantitative estimate of drug-likeness (QED) is 0.544. The molecule has 0 aromatic heterocycles. The molecule has 3 atom stereocenters. The van der Waals surface area contributed by atoms with E-state index in [1.165, 1.54) is 0 Å². The van der Waals surface area contributed by atoms with Gasteiger partial charge in [0.2, 0.25) is 0 Å². The first-order valence-corrected chi connectivity index (χ1v) is 8.93. The van der Waals surface area contributed by atoms with E-state index in [1.807, 2.05) is 0 Å². The highest BCUT2D eigenvalue weighted by atomic mass is 28.4. The first kappa shape index (κ1) is 13.2. The van der Waals surface area contributed by atoms with Crippen molar-refractivity contribution < 1.29 is 9.16 Å². The van der Waals surface area contributed by atoms with Gasteiger partial charge in [0, 0.05) is 0 Å². The van der Waals surface area contributed by atoms with Crippen molar-refractivity contribution in [3.05, 3.63) is 0 Å². The summed E-state index contributed by atoms with van der Waals surface area (Å²) in [6.07, 6.45) is 2.17. The van der Waals surface area contributed by atoms with Gasteiger partial charge in [0.15, 0.2) is 8.32 Å². The van der Waals surface area contributed by atoms with E-state index in [9.17, 15) is 0 Å². The maximum absolute atomic E-state index is 6.27. The average molecular weight is 230 g/mol. The molecule has 0 aromatic carbocycles. The van der Waals surface area contributed by atoms with E-state index in [-0.39, 0.29) is 11.1 Å². The average Bonchev–Trinajstić information content (AvgIpc) is 2.79. The van der Waals surface area contributed by atoms with Crippen molar-refractivity contribution in [3.8, 4) is 0 Å². The molecule has 3 unspecified atom stereocenters. The van der Waals surface area contributed by atoms with E-state index in [0.717, 1.165) is 6.42 Å². The minimum atomic E-state index is -1.61. The van der Waals surface area contributed by atoms with Crippen LogP contribution in [0.15, 0.2) is 0 Å². The molecule has 2 nitrogen and oxygen atoms in total. The SMILES string of the molecule is CCC1OC1C(C)O[Si](C)(C)C(C)(C)C. The summed E-state index contributed by atoms with van der Waals surface area (Å²) < 4.78 is 11.9. The van der Waals surface area contributed by atoms with Crippen LogP contribution in [0.1, 0.15) is 41.0 Å². The third-order valence-corrected chi connectivity index (χ3v) is 8.35. The van der Waals surface area contributed by atoms with Crippen LogP contribution < -0.4 is 0 Å². The standard InChI is InChI=1S/C12H26O2Si/c1-8-10-11(13-10)9(2)14-15(6,7)12(3,4)5/h9-11H,8H2,1-7H3. The topological polar surface area (TPSA) is 21.8 Å². The van der Waals surface area contributed by atoms with Crippen LogP contribution >= 0.6 is 0 Å². The summed E-state index contributed by atoms with van der Waals surface area (Å²) >= 11 is 0. The maximum Gasteiger partial charge on any atom is 0.192 e. The molecule has 1 rings (SSSR count). The van der Waals surface area contributed by atoms with Crippen molar-refractivity contribution in [2.24, 2.45) is 0 Å². The van der Waals surface area contributed by atoms with Crippen molar-refractivity contribution >= 4 is 8.32 Å². The Bertz CT molecular complexity index is 220. The van der Waals surface area contributed by atoms with Crippen molar-refractivity contribution in [3.63, 3.8) is 0 Å². The lowest BCUT2D eigenvalue weighted by Gasteiger charge is -2.38. The highest BCUT2D eigenvalue weighted by Crippen LogP contribution is 2.39. The molecule has 3 heteroatoms. The Morgan fingerprint density at radius 3 is 2.20 bits per heavy atom. The zero-order valence-corrected chi connectivity index (χ0v) is 12.3. The predicted octanol–water partition coefficient (Wildman–Crippen LogP) is 3.57. The third-order valence-electron chi connectivity index (χ3n) is 3.77. The minimum Gasteiger partial charge on any atom is -0.411 e. The van der Waals surface area contributed by atoms with E-state index >= 15 is 0 Å². The summed E-state index contributed by atoms with van der Waals surface area (Å²) in [4.78, 5) is 0. The smallest absolute Gasteiger partial charge is 0.192 e. The van der Waals surface area contributed by atoms with Gasteiger partial charge in [0.25, 0.3) is 0 Å². The molecule has 0 radical (unpaired) electrons. The van der Waals surface area contributed by atoms with Crippen LogP contribution in [-0.4, -0.2) is 26.6 Å². The largest absolute Gasteiger partial charge is 0.411 e. The van der Waals surface area contributed by atoms with Crippen LogP contribution in [0.2, 0.25) is 18.1 Å². The number of hydrogen-bond donors (Lipinski definition) is 0. The second kappa shape index (κ2) is 4.19.